The quantitative estimate of drug-likeness (QED) is 0.354. The van der Waals surface area contributed by atoms with Crippen molar-refractivity contribution in [2.45, 2.75) is 31.2 Å². The van der Waals surface area contributed by atoms with Crippen LogP contribution in [0.15, 0.2) is 67.1 Å². The highest BCUT2D eigenvalue weighted by molar-refractivity contribution is 6.06. The molecule has 0 bridgehead atoms. The highest BCUT2D eigenvalue weighted by Crippen LogP contribution is 2.38. The number of nitrogens with one attached hydrogen (secondary N) is 2. The molecule has 36 heavy (non-hydrogen) atoms. The number of aromatic amines is 1. The molecule has 5 aromatic rings. The maximum absolute atomic E-state index is 13.3. The third kappa shape index (κ3) is 3.25. The zero-order valence-electron chi connectivity index (χ0n) is 19.8. The summed E-state index contributed by atoms with van der Waals surface area (Å²) in [4.78, 5) is 28.0. The van der Waals surface area contributed by atoms with Crippen molar-refractivity contribution in [3.8, 4) is 0 Å². The van der Waals surface area contributed by atoms with Crippen molar-refractivity contribution in [2.75, 3.05) is 24.1 Å². The average Bonchev–Trinajstić information content (AvgIpc) is 3.63. The highest BCUT2D eigenvalue weighted by Gasteiger charge is 2.32. The zero-order chi connectivity index (χ0) is 24.2. The summed E-state index contributed by atoms with van der Waals surface area (Å²) in [6, 6.07) is 16.4. The molecule has 0 aliphatic carbocycles. The number of carbonyl (C=O) groups is 1. The number of nitrogen functional groups attached to an aromatic ring is 1. The van der Waals surface area contributed by atoms with Crippen LogP contribution < -0.4 is 11.1 Å². The van der Waals surface area contributed by atoms with Crippen molar-refractivity contribution >= 4 is 33.8 Å². The van der Waals surface area contributed by atoms with E-state index in [4.69, 9.17) is 10.7 Å². The summed E-state index contributed by atoms with van der Waals surface area (Å²) in [7, 11) is 0. The maximum Gasteiger partial charge on any atom is 0.256 e. The van der Waals surface area contributed by atoms with Gasteiger partial charge in [-0.1, -0.05) is 36.4 Å². The number of anilines is 2. The van der Waals surface area contributed by atoms with Crippen molar-refractivity contribution in [3.63, 3.8) is 0 Å². The molecule has 4 N–H and O–H groups in total. The van der Waals surface area contributed by atoms with Crippen molar-refractivity contribution in [1.29, 1.82) is 0 Å². The van der Waals surface area contributed by atoms with E-state index in [2.05, 4.69) is 37.9 Å². The molecular formula is C28H27N7O. The molecule has 0 spiro atoms. The molecule has 0 saturated carbocycles. The van der Waals surface area contributed by atoms with Gasteiger partial charge in [0.1, 0.15) is 17.2 Å². The molecule has 1 unspecified atom stereocenters. The van der Waals surface area contributed by atoms with Crippen LogP contribution in [-0.4, -0.2) is 43.2 Å². The van der Waals surface area contributed by atoms with Crippen LogP contribution in [0.3, 0.4) is 0 Å². The molecule has 1 atom stereocenters. The van der Waals surface area contributed by atoms with Gasteiger partial charge < -0.3 is 20.9 Å². The van der Waals surface area contributed by atoms with Crippen molar-refractivity contribution in [2.24, 2.45) is 0 Å². The Balaban J connectivity index is 1.16. The van der Waals surface area contributed by atoms with Gasteiger partial charge in [0.15, 0.2) is 0 Å². The number of nitrogens with two attached hydrogens (primary N) is 1. The second kappa shape index (κ2) is 8.12. The van der Waals surface area contributed by atoms with Crippen LogP contribution in [0.5, 0.6) is 0 Å². The van der Waals surface area contributed by atoms with Gasteiger partial charge in [-0.25, -0.2) is 9.97 Å². The number of nitrogens with zero attached hydrogens (tertiary/aromatic N) is 4. The summed E-state index contributed by atoms with van der Waals surface area (Å²) >= 11 is 0. The van der Waals surface area contributed by atoms with E-state index < -0.39 is 0 Å². The van der Waals surface area contributed by atoms with Gasteiger partial charge in [0.05, 0.1) is 17.3 Å². The second-order valence-corrected chi connectivity index (χ2v) is 9.76. The average molecular weight is 478 g/mol. The van der Waals surface area contributed by atoms with E-state index in [0.717, 1.165) is 58.5 Å². The Morgan fingerprint density at radius 2 is 1.86 bits per heavy atom. The Morgan fingerprint density at radius 3 is 2.72 bits per heavy atom. The molecule has 180 valence electrons. The Bertz CT molecular complexity index is 1580. The molecule has 5 heterocycles. The highest BCUT2D eigenvalue weighted by atomic mass is 16.2. The lowest BCUT2D eigenvalue weighted by Crippen LogP contribution is -2.38. The summed E-state index contributed by atoms with van der Waals surface area (Å²) in [5.74, 6) is 1.83. The van der Waals surface area contributed by atoms with Gasteiger partial charge in [0.2, 0.25) is 0 Å². The predicted octanol–water partition coefficient (Wildman–Crippen LogP) is 4.52. The number of imidazole rings is 1. The van der Waals surface area contributed by atoms with Gasteiger partial charge in [-0.3, -0.25) is 9.20 Å². The third-order valence-corrected chi connectivity index (χ3v) is 7.71. The summed E-state index contributed by atoms with van der Waals surface area (Å²) in [5.41, 5.74) is 12.4. The fourth-order valence-corrected chi connectivity index (χ4v) is 5.87. The van der Waals surface area contributed by atoms with E-state index in [1.807, 2.05) is 47.6 Å². The number of piperidine rings is 1. The zero-order valence-corrected chi connectivity index (χ0v) is 19.8. The first kappa shape index (κ1) is 21.0. The minimum Gasteiger partial charge on any atom is -0.382 e. The number of carbonyl (C=O) groups excluding carboxylic acids is 1. The second-order valence-electron chi connectivity index (χ2n) is 9.76. The minimum atomic E-state index is 0.0567. The number of benzene rings is 2. The molecular weight excluding hydrogens is 450 g/mol. The lowest BCUT2D eigenvalue weighted by Gasteiger charge is -2.31. The summed E-state index contributed by atoms with van der Waals surface area (Å²) in [6.07, 6.45) is 8.11. The van der Waals surface area contributed by atoms with Crippen LogP contribution >= 0.6 is 0 Å². The summed E-state index contributed by atoms with van der Waals surface area (Å²) < 4.78 is 2.12. The fourth-order valence-electron chi connectivity index (χ4n) is 5.87. The largest absolute Gasteiger partial charge is 0.382 e. The number of H-pyrrole nitrogens is 1. The number of fused-ring (bicyclic) bond motifs is 3. The third-order valence-electron chi connectivity index (χ3n) is 7.71. The van der Waals surface area contributed by atoms with E-state index in [9.17, 15) is 4.79 Å². The van der Waals surface area contributed by atoms with Crippen LogP contribution in [0.25, 0.3) is 16.4 Å². The smallest absolute Gasteiger partial charge is 0.256 e. The fraction of sp³-hybridized carbons (Fsp3) is 0.250. The Hall–Kier alpha value is -4.33. The SMILES string of the molecule is Nc1nccn2c(C3CCN(C(=O)c4c[nH]c5ccccc45)CC3)nc(C3Cc4ccccc4N3)c12. The number of hydrogen-bond donors (Lipinski definition) is 3. The standard InChI is InChI=1S/C28H27N7O/c29-26-25-24(23-15-18-5-1-3-7-21(18)32-23)33-27(35(25)14-11-30-26)17-9-12-34(13-10-17)28(36)20-16-31-22-8-4-2-6-19(20)22/h1-8,11,14,16-17,23,31-32H,9-10,12-13,15H2,(H2,29,30). The number of likely N-dealkylation sites (tertiary alicyclic amines) is 1. The van der Waals surface area contributed by atoms with E-state index in [1.54, 1.807) is 6.20 Å². The molecule has 3 aromatic heterocycles. The van der Waals surface area contributed by atoms with Crippen molar-refractivity contribution in [3.05, 3.63) is 89.8 Å². The van der Waals surface area contributed by atoms with Crippen LogP contribution in [0, 0.1) is 0 Å². The van der Waals surface area contributed by atoms with Gasteiger partial charge >= 0.3 is 0 Å². The van der Waals surface area contributed by atoms with Gasteiger partial charge in [-0.15, -0.1) is 0 Å². The van der Waals surface area contributed by atoms with Crippen LogP contribution in [0.1, 0.15) is 52.2 Å². The van der Waals surface area contributed by atoms with Gasteiger partial charge in [0.25, 0.3) is 5.91 Å². The predicted molar refractivity (Wildman–Crippen MR) is 140 cm³/mol. The molecule has 1 amide bonds. The Labute approximate surface area is 208 Å². The minimum absolute atomic E-state index is 0.0567. The molecule has 1 fully saturated rings. The van der Waals surface area contributed by atoms with Gasteiger partial charge in [0, 0.05) is 60.6 Å². The topological polar surface area (TPSA) is 104 Å². The lowest BCUT2D eigenvalue weighted by atomic mass is 9.95. The number of aromatic nitrogens is 4. The lowest BCUT2D eigenvalue weighted by molar-refractivity contribution is 0.0713. The van der Waals surface area contributed by atoms with Gasteiger partial charge in [-0.2, -0.15) is 0 Å². The van der Waals surface area contributed by atoms with Crippen LogP contribution in [-0.2, 0) is 6.42 Å². The molecule has 2 aliphatic heterocycles. The van der Waals surface area contributed by atoms with Crippen LogP contribution in [0.2, 0.25) is 0 Å². The molecule has 1 saturated heterocycles. The molecule has 8 nitrogen and oxygen atoms in total. The molecule has 2 aromatic carbocycles. The molecule has 8 heteroatoms. The normalized spacial score (nSPS) is 18.0. The van der Waals surface area contributed by atoms with Crippen LogP contribution in [0.4, 0.5) is 11.5 Å². The first-order chi connectivity index (χ1) is 17.7. The molecule has 0 radical (unpaired) electrons. The number of amides is 1. The molecule has 7 rings (SSSR count). The number of rotatable bonds is 3. The van der Waals surface area contributed by atoms with E-state index in [-0.39, 0.29) is 17.9 Å². The van der Waals surface area contributed by atoms with E-state index >= 15 is 0 Å². The van der Waals surface area contributed by atoms with Crippen molar-refractivity contribution in [1.82, 2.24) is 24.3 Å². The van der Waals surface area contributed by atoms with Crippen molar-refractivity contribution < 1.29 is 4.79 Å². The molecule has 2 aliphatic rings. The first-order valence-corrected chi connectivity index (χ1v) is 12.5. The first-order valence-electron chi connectivity index (χ1n) is 12.5. The number of para-hydroxylation sites is 2. The van der Waals surface area contributed by atoms with E-state index in [1.165, 1.54) is 5.56 Å². The summed E-state index contributed by atoms with van der Waals surface area (Å²) in [6.45, 7) is 1.39. The Morgan fingerprint density at radius 1 is 1.06 bits per heavy atom. The van der Waals surface area contributed by atoms with E-state index in [0.29, 0.717) is 18.9 Å². The monoisotopic (exact) mass is 477 g/mol. The Kier molecular flexibility index (Phi) is 4.73. The number of hydrogen-bond acceptors (Lipinski definition) is 5. The summed E-state index contributed by atoms with van der Waals surface area (Å²) in [5, 5.41) is 4.60. The van der Waals surface area contributed by atoms with Gasteiger partial charge in [-0.05, 0) is 30.5 Å². The maximum atomic E-state index is 13.3.